The molecule has 104 valence electrons. The Morgan fingerprint density at radius 3 is 3.00 bits per heavy atom. The number of rotatable bonds is 1. The molecule has 7 heteroatoms. The lowest BCUT2D eigenvalue weighted by atomic mass is 10.2. The molecule has 0 saturated heterocycles. The summed E-state index contributed by atoms with van der Waals surface area (Å²) in [5.41, 5.74) is 6.87. The van der Waals surface area contributed by atoms with E-state index >= 15 is 0 Å². The van der Waals surface area contributed by atoms with Crippen LogP contribution in [0.25, 0.3) is 11.4 Å². The van der Waals surface area contributed by atoms with Crippen molar-refractivity contribution in [3.63, 3.8) is 0 Å². The Balaban J connectivity index is 2.29. The van der Waals surface area contributed by atoms with Gasteiger partial charge >= 0.3 is 0 Å². The van der Waals surface area contributed by atoms with Crippen LogP contribution in [0.1, 0.15) is 16.2 Å². The maximum atomic E-state index is 13.6. The molecule has 2 aromatic rings. The zero-order valence-electron chi connectivity index (χ0n) is 10.6. The van der Waals surface area contributed by atoms with E-state index in [1.807, 2.05) is 4.57 Å². The fourth-order valence-corrected chi connectivity index (χ4v) is 2.66. The minimum atomic E-state index is -0.577. The second-order valence-corrected chi connectivity index (χ2v) is 5.35. The minimum Gasteiger partial charge on any atom is -0.491 e. The Hall–Kier alpha value is -1.89. The first-order valence-corrected chi connectivity index (χ1v) is 6.77. The van der Waals surface area contributed by atoms with Crippen LogP contribution in [-0.2, 0) is 6.54 Å². The number of fused-ring (bicyclic) bond motifs is 3. The second kappa shape index (κ2) is 4.59. The Labute approximate surface area is 122 Å². The Kier molecular flexibility index (Phi) is 3.01. The van der Waals surface area contributed by atoms with Crippen molar-refractivity contribution in [3.05, 3.63) is 33.8 Å². The van der Waals surface area contributed by atoms with Gasteiger partial charge in [-0.15, -0.1) is 0 Å². The molecule has 1 aliphatic heterocycles. The number of primary amides is 1. The number of amides is 1. The number of nitrogens with zero attached hydrogens (tertiary/aromatic N) is 2. The standard InChI is InChI=1S/C13H11BrFN3O2/c1-6-11(12(16)19)17-13-7-4-8(14)9(15)5-10(7)20-3-2-18(6)13/h4-5H,2-3H2,1H3,(H2,16,19). The van der Waals surface area contributed by atoms with Crippen molar-refractivity contribution < 1.29 is 13.9 Å². The van der Waals surface area contributed by atoms with Crippen molar-refractivity contribution in [2.24, 2.45) is 5.73 Å². The molecule has 1 amide bonds. The molecule has 1 aliphatic rings. The Bertz CT molecular complexity index is 727. The smallest absolute Gasteiger partial charge is 0.269 e. The lowest BCUT2D eigenvalue weighted by molar-refractivity contribution is 0.0995. The number of carbonyl (C=O) groups is 1. The van der Waals surface area contributed by atoms with Crippen LogP contribution < -0.4 is 10.5 Å². The number of ether oxygens (including phenoxy) is 1. The number of halogens is 2. The predicted octanol–water partition coefficient (Wildman–Crippen LogP) is 2.25. The number of carbonyl (C=O) groups excluding carboxylic acids is 1. The van der Waals surface area contributed by atoms with Crippen LogP contribution in [0.4, 0.5) is 4.39 Å². The topological polar surface area (TPSA) is 70.1 Å². The summed E-state index contributed by atoms with van der Waals surface area (Å²) >= 11 is 3.15. The molecule has 2 N–H and O–H groups in total. The van der Waals surface area contributed by atoms with Crippen molar-refractivity contribution in [1.29, 1.82) is 0 Å². The molecule has 0 fully saturated rings. The highest BCUT2D eigenvalue weighted by molar-refractivity contribution is 9.10. The summed E-state index contributed by atoms with van der Waals surface area (Å²) in [6.07, 6.45) is 0. The fourth-order valence-electron chi connectivity index (χ4n) is 2.32. The van der Waals surface area contributed by atoms with E-state index in [9.17, 15) is 9.18 Å². The van der Waals surface area contributed by atoms with Crippen LogP contribution in [0, 0.1) is 12.7 Å². The molecule has 1 aromatic carbocycles. The van der Waals surface area contributed by atoms with Crippen molar-refractivity contribution >= 4 is 21.8 Å². The summed E-state index contributed by atoms with van der Waals surface area (Å²) in [4.78, 5) is 15.7. The van der Waals surface area contributed by atoms with E-state index in [2.05, 4.69) is 20.9 Å². The van der Waals surface area contributed by atoms with Gasteiger partial charge < -0.3 is 15.0 Å². The van der Waals surface area contributed by atoms with Crippen molar-refractivity contribution in [2.45, 2.75) is 13.5 Å². The zero-order valence-corrected chi connectivity index (χ0v) is 12.2. The van der Waals surface area contributed by atoms with Gasteiger partial charge in [0.05, 0.1) is 16.6 Å². The van der Waals surface area contributed by atoms with Crippen LogP contribution in [0.3, 0.4) is 0 Å². The van der Waals surface area contributed by atoms with Gasteiger partial charge in [-0.25, -0.2) is 9.37 Å². The van der Waals surface area contributed by atoms with Crippen LogP contribution >= 0.6 is 15.9 Å². The lowest BCUT2D eigenvalue weighted by Gasteiger charge is -2.07. The van der Waals surface area contributed by atoms with Gasteiger partial charge in [-0.1, -0.05) is 0 Å². The maximum absolute atomic E-state index is 13.6. The SMILES string of the molecule is Cc1c(C(N)=O)nc2n1CCOc1cc(F)c(Br)cc1-2. The van der Waals surface area contributed by atoms with Crippen LogP contribution in [0.2, 0.25) is 0 Å². The highest BCUT2D eigenvalue weighted by atomic mass is 79.9. The van der Waals surface area contributed by atoms with E-state index in [1.54, 1.807) is 13.0 Å². The average molecular weight is 340 g/mol. The van der Waals surface area contributed by atoms with Gasteiger partial charge in [0.2, 0.25) is 0 Å². The largest absolute Gasteiger partial charge is 0.491 e. The fraction of sp³-hybridized carbons (Fsp3) is 0.231. The molecular weight excluding hydrogens is 329 g/mol. The van der Waals surface area contributed by atoms with E-state index < -0.39 is 11.7 Å². The lowest BCUT2D eigenvalue weighted by Crippen LogP contribution is -2.14. The third-order valence-corrected chi connectivity index (χ3v) is 3.90. The molecule has 0 saturated carbocycles. The first kappa shape index (κ1) is 13.1. The zero-order chi connectivity index (χ0) is 14.4. The van der Waals surface area contributed by atoms with Crippen molar-refractivity contribution in [3.8, 4) is 17.1 Å². The molecule has 0 atom stereocenters. The van der Waals surface area contributed by atoms with Crippen LogP contribution in [0.5, 0.6) is 5.75 Å². The molecule has 0 bridgehead atoms. The maximum Gasteiger partial charge on any atom is 0.269 e. The number of hydrogen-bond donors (Lipinski definition) is 1. The first-order valence-electron chi connectivity index (χ1n) is 5.98. The normalized spacial score (nSPS) is 13.2. The number of aromatic nitrogens is 2. The third kappa shape index (κ3) is 1.89. The molecule has 20 heavy (non-hydrogen) atoms. The van der Waals surface area contributed by atoms with Gasteiger partial charge in [0, 0.05) is 11.8 Å². The molecule has 3 rings (SSSR count). The monoisotopic (exact) mass is 339 g/mol. The number of imidazole rings is 1. The van der Waals surface area contributed by atoms with Crippen molar-refractivity contribution in [2.75, 3.05) is 6.61 Å². The molecule has 0 spiro atoms. The van der Waals surface area contributed by atoms with E-state index in [-0.39, 0.29) is 5.69 Å². The molecule has 1 aromatic heterocycles. The van der Waals surface area contributed by atoms with Crippen molar-refractivity contribution in [1.82, 2.24) is 9.55 Å². The van der Waals surface area contributed by atoms with E-state index in [0.29, 0.717) is 40.5 Å². The summed E-state index contributed by atoms with van der Waals surface area (Å²) in [7, 11) is 0. The van der Waals surface area contributed by atoms with Gasteiger partial charge in [-0.3, -0.25) is 4.79 Å². The van der Waals surface area contributed by atoms with E-state index in [1.165, 1.54) is 6.07 Å². The number of hydrogen-bond acceptors (Lipinski definition) is 3. The summed E-state index contributed by atoms with van der Waals surface area (Å²) in [6, 6.07) is 2.90. The van der Waals surface area contributed by atoms with E-state index in [4.69, 9.17) is 10.5 Å². The Morgan fingerprint density at radius 1 is 1.55 bits per heavy atom. The molecule has 5 nitrogen and oxygen atoms in total. The average Bonchev–Trinajstić information content (AvgIpc) is 2.61. The van der Waals surface area contributed by atoms with Gasteiger partial charge in [-0.2, -0.15) is 0 Å². The minimum absolute atomic E-state index is 0.230. The first-order chi connectivity index (χ1) is 9.49. The van der Waals surface area contributed by atoms with Gasteiger partial charge in [-0.05, 0) is 28.9 Å². The van der Waals surface area contributed by atoms with Gasteiger partial charge in [0.15, 0.2) is 0 Å². The number of nitrogens with two attached hydrogens (primary N) is 1. The van der Waals surface area contributed by atoms with Crippen LogP contribution in [0.15, 0.2) is 16.6 Å². The summed E-state index contributed by atoms with van der Waals surface area (Å²) in [5, 5.41) is 0. The summed E-state index contributed by atoms with van der Waals surface area (Å²) in [5.74, 6) is -0.0164. The molecule has 0 radical (unpaired) electrons. The molecule has 0 unspecified atom stereocenters. The highest BCUT2D eigenvalue weighted by Gasteiger charge is 2.24. The summed E-state index contributed by atoms with van der Waals surface area (Å²) < 4.78 is 21.3. The predicted molar refractivity (Wildman–Crippen MR) is 74.1 cm³/mol. The molecular formula is C13H11BrFN3O2. The van der Waals surface area contributed by atoms with Gasteiger partial charge in [0.25, 0.3) is 5.91 Å². The highest BCUT2D eigenvalue weighted by Crippen LogP contribution is 2.36. The summed E-state index contributed by atoms with van der Waals surface area (Å²) in [6.45, 7) is 2.67. The number of benzene rings is 1. The quantitative estimate of drug-likeness (QED) is 0.866. The molecule has 2 heterocycles. The molecule has 0 aliphatic carbocycles. The Morgan fingerprint density at radius 2 is 2.30 bits per heavy atom. The van der Waals surface area contributed by atoms with Gasteiger partial charge in [0.1, 0.15) is 29.7 Å². The third-order valence-electron chi connectivity index (χ3n) is 3.29. The van der Waals surface area contributed by atoms with Crippen LogP contribution in [-0.4, -0.2) is 22.1 Å². The second-order valence-electron chi connectivity index (χ2n) is 4.50. The van der Waals surface area contributed by atoms with E-state index in [0.717, 1.165) is 0 Å².